The summed E-state index contributed by atoms with van der Waals surface area (Å²) in [6.07, 6.45) is 6.12. The Bertz CT molecular complexity index is 815. The second-order valence-electron chi connectivity index (χ2n) is 6.50. The van der Waals surface area contributed by atoms with Gasteiger partial charge in [0.2, 0.25) is 0 Å². The molecule has 0 atom stereocenters. The van der Waals surface area contributed by atoms with Crippen molar-refractivity contribution >= 4 is 28.7 Å². The lowest BCUT2D eigenvalue weighted by Crippen LogP contribution is -2.36. The number of rotatable bonds is 9. The summed E-state index contributed by atoms with van der Waals surface area (Å²) >= 11 is 1.51. The van der Waals surface area contributed by atoms with E-state index < -0.39 is 0 Å². The molecule has 0 aromatic carbocycles. The number of amides is 2. The minimum Gasteiger partial charge on any atom is -0.366 e. The van der Waals surface area contributed by atoms with Crippen molar-refractivity contribution in [3.8, 4) is 0 Å². The van der Waals surface area contributed by atoms with Gasteiger partial charge in [0.05, 0.1) is 5.57 Å². The molecule has 0 radical (unpaired) electrons. The van der Waals surface area contributed by atoms with E-state index in [-0.39, 0.29) is 11.8 Å². The van der Waals surface area contributed by atoms with Gasteiger partial charge in [0, 0.05) is 36.9 Å². The summed E-state index contributed by atoms with van der Waals surface area (Å²) in [6.45, 7) is 5.93. The Balaban J connectivity index is 1.91. The van der Waals surface area contributed by atoms with Gasteiger partial charge in [0.25, 0.3) is 11.8 Å². The Morgan fingerprint density at radius 2 is 1.89 bits per heavy atom. The second-order valence-corrected chi connectivity index (χ2v) is 7.45. The molecule has 0 saturated carbocycles. The molecule has 0 unspecified atom stereocenters. The predicted octanol–water partition coefficient (Wildman–Crippen LogP) is 3.59. The largest absolute Gasteiger partial charge is 0.366 e. The average Bonchev–Trinajstić information content (AvgIpc) is 3.29. The fraction of sp³-hybridized carbons (Fsp3) is 0.381. The minimum absolute atomic E-state index is 0.159. The molecule has 2 amide bonds. The molecule has 0 N–H and O–H groups in total. The van der Waals surface area contributed by atoms with Gasteiger partial charge in [-0.15, -0.1) is 11.3 Å². The smallest absolute Gasteiger partial charge is 0.277 e. The van der Waals surface area contributed by atoms with Crippen molar-refractivity contribution in [2.45, 2.75) is 33.1 Å². The molecule has 0 saturated heterocycles. The monoisotopic (exact) mass is 383 g/mol. The molecule has 6 heteroatoms. The summed E-state index contributed by atoms with van der Waals surface area (Å²) in [4.78, 5) is 34.6. The van der Waals surface area contributed by atoms with E-state index in [0.29, 0.717) is 30.9 Å². The van der Waals surface area contributed by atoms with E-state index in [9.17, 15) is 9.59 Å². The van der Waals surface area contributed by atoms with Crippen LogP contribution in [0.25, 0.3) is 5.57 Å². The zero-order valence-electron chi connectivity index (χ0n) is 15.9. The molecule has 0 fully saturated rings. The molecule has 142 valence electrons. The average molecular weight is 384 g/mol. The van der Waals surface area contributed by atoms with Gasteiger partial charge in [-0.2, -0.15) is 0 Å². The number of likely N-dealkylation sites (N-methyl/N-ethyl adjacent to an activating group) is 1. The molecule has 2 aromatic heterocycles. The number of nitrogens with zero attached hydrogens (tertiary/aromatic N) is 3. The quantitative estimate of drug-likeness (QED) is 0.621. The van der Waals surface area contributed by atoms with Crippen LogP contribution in [-0.4, -0.2) is 46.2 Å². The molecule has 0 bridgehead atoms. The molecule has 1 aliphatic heterocycles. The Morgan fingerprint density at radius 1 is 1.11 bits per heavy atom. The zero-order valence-corrected chi connectivity index (χ0v) is 16.7. The summed E-state index contributed by atoms with van der Waals surface area (Å²) in [5.41, 5.74) is 2.28. The molecule has 2 aromatic rings. The lowest BCUT2D eigenvalue weighted by Gasteiger charge is -2.24. The Hall–Kier alpha value is -2.47. The molecule has 0 aliphatic carbocycles. The summed E-state index contributed by atoms with van der Waals surface area (Å²) < 4.78 is 0. The molecule has 1 aliphatic rings. The number of hydrogen-bond donors (Lipinski definition) is 0. The van der Waals surface area contributed by atoms with Crippen molar-refractivity contribution in [3.63, 3.8) is 0 Å². The van der Waals surface area contributed by atoms with Crippen molar-refractivity contribution < 1.29 is 9.59 Å². The highest BCUT2D eigenvalue weighted by atomic mass is 32.1. The molecule has 0 spiro atoms. The van der Waals surface area contributed by atoms with Gasteiger partial charge in [-0.3, -0.25) is 19.5 Å². The highest BCUT2D eigenvalue weighted by Gasteiger charge is 2.41. The molecular weight excluding hydrogens is 358 g/mol. The van der Waals surface area contributed by atoms with E-state index in [0.717, 1.165) is 24.1 Å². The third kappa shape index (κ3) is 4.11. The van der Waals surface area contributed by atoms with E-state index in [1.807, 2.05) is 41.5 Å². The predicted molar refractivity (Wildman–Crippen MR) is 108 cm³/mol. The molecule has 3 rings (SSSR count). The van der Waals surface area contributed by atoms with E-state index in [1.165, 1.54) is 21.8 Å². The first-order valence-corrected chi connectivity index (χ1v) is 10.3. The van der Waals surface area contributed by atoms with Crippen LogP contribution in [0.15, 0.2) is 47.7 Å². The third-order valence-electron chi connectivity index (χ3n) is 4.76. The minimum atomic E-state index is -0.159. The van der Waals surface area contributed by atoms with Gasteiger partial charge < -0.3 is 4.90 Å². The lowest BCUT2D eigenvalue weighted by atomic mass is 10.1. The van der Waals surface area contributed by atoms with Crippen molar-refractivity contribution in [3.05, 3.63) is 58.2 Å². The van der Waals surface area contributed by atoms with Gasteiger partial charge in [0.1, 0.15) is 5.70 Å². The normalized spacial score (nSPS) is 14.4. The summed E-state index contributed by atoms with van der Waals surface area (Å²) in [6, 6.07) is 7.81. The maximum absolute atomic E-state index is 13.1. The summed E-state index contributed by atoms with van der Waals surface area (Å²) in [5.74, 6) is -0.318. The topological polar surface area (TPSA) is 53.5 Å². The second kappa shape index (κ2) is 8.95. The van der Waals surface area contributed by atoms with Crippen LogP contribution in [0.5, 0.6) is 0 Å². The first-order chi connectivity index (χ1) is 13.2. The number of carbonyl (C=O) groups is 2. The van der Waals surface area contributed by atoms with Crippen LogP contribution >= 0.6 is 11.3 Å². The number of hydrogen-bond acceptors (Lipinski definition) is 5. The van der Waals surface area contributed by atoms with Crippen LogP contribution in [0, 0.1) is 0 Å². The van der Waals surface area contributed by atoms with Crippen molar-refractivity contribution in [1.82, 2.24) is 14.8 Å². The molecule has 3 heterocycles. The van der Waals surface area contributed by atoms with Crippen molar-refractivity contribution in [2.75, 3.05) is 19.6 Å². The van der Waals surface area contributed by atoms with Gasteiger partial charge in [0.15, 0.2) is 0 Å². The van der Waals surface area contributed by atoms with Gasteiger partial charge >= 0.3 is 0 Å². The third-order valence-corrected chi connectivity index (χ3v) is 5.65. The Labute approximate surface area is 164 Å². The van der Waals surface area contributed by atoms with E-state index in [4.69, 9.17) is 0 Å². The lowest BCUT2D eigenvalue weighted by molar-refractivity contribution is -0.137. The maximum atomic E-state index is 13.1. The Kier molecular flexibility index (Phi) is 6.40. The van der Waals surface area contributed by atoms with Crippen molar-refractivity contribution in [1.29, 1.82) is 0 Å². The Morgan fingerprint density at radius 3 is 2.52 bits per heavy atom. The summed E-state index contributed by atoms with van der Waals surface area (Å²) in [5, 5.41) is 1.94. The van der Waals surface area contributed by atoms with E-state index in [1.54, 1.807) is 12.4 Å². The molecule has 5 nitrogen and oxygen atoms in total. The number of thiophene rings is 1. The van der Waals surface area contributed by atoms with Crippen molar-refractivity contribution in [2.24, 2.45) is 0 Å². The van der Waals surface area contributed by atoms with Crippen LogP contribution in [0.1, 0.15) is 37.1 Å². The number of pyridine rings is 1. The first-order valence-electron chi connectivity index (χ1n) is 9.45. The fourth-order valence-corrected chi connectivity index (χ4v) is 4.02. The SMILES string of the molecule is CCCCN1C(=O)C(c2cccs2)=C(N(CC)CCc2ccncc2)C1=O. The number of aromatic nitrogens is 1. The van der Waals surface area contributed by atoms with Gasteiger partial charge in [-0.25, -0.2) is 0 Å². The zero-order chi connectivity index (χ0) is 19.2. The van der Waals surface area contributed by atoms with Gasteiger partial charge in [-0.05, 0) is 48.9 Å². The summed E-state index contributed by atoms with van der Waals surface area (Å²) in [7, 11) is 0. The van der Waals surface area contributed by atoms with Crippen LogP contribution < -0.4 is 0 Å². The van der Waals surface area contributed by atoms with Gasteiger partial charge in [-0.1, -0.05) is 19.4 Å². The number of unbranched alkanes of at least 4 members (excludes halogenated alkanes) is 1. The number of carbonyl (C=O) groups excluding carboxylic acids is 2. The number of imide groups is 1. The van der Waals surface area contributed by atoms with Crippen LogP contribution in [0.4, 0.5) is 0 Å². The van der Waals surface area contributed by atoms with E-state index >= 15 is 0 Å². The highest BCUT2D eigenvalue weighted by Crippen LogP contribution is 2.34. The molecular formula is C21H25N3O2S. The van der Waals surface area contributed by atoms with Crippen LogP contribution in [0.2, 0.25) is 0 Å². The highest BCUT2D eigenvalue weighted by molar-refractivity contribution is 7.11. The van der Waals surface area contributed by atoms with Crippen LogP contribution in [0.3, 0.4) is 0 Å². The maximum Gasteiger partial charge on any atom is 0.277 e. The van der Waals surface area contributed by atoms with E-state index in [2.05, 4.69) is 11.9 Å². The first kappa shape index (κ1) is 19.3. The van der Waals surface area contributed by atoms with Crippen LogP contribution in [-0.2, 0) is 16.0 Å². The molecule has 27 heavy (non-hydrogen) atoms. The standard InChI is InChI=1S/C21H25N3O2S/c1-3-5-13-24-20(25)18(17-7-6-15-27-17)19(21(24)26)23(4-2)14-10-16-8-11-22-12-9-16/h6-9,11-12,15H,3-5,10,13-14H2,1-2H3. The fourth-order valence-electron chi connectivity index (χ4n) is 3.26.